The van der Waals surface area contributed by atoms with Gasteiger partial charge in [0.1, 0.15) is 6.26 Å². The summed E-state index contributed by atoms with van der Waals surface area (Å²) in [6, 6.07) is 8.96. The highest BCUT2D eigenvalue weighted by Crippen LogP contribution is 2.22. The van der Waals surface area contributed by atoms with Crippen LogP contribution in [-0.2, 0) is 0 Å². The van der Waals surface area contributed by atoms with E-state index in [-0.39, 0.29) is 5.69 Å². The van der Waals surface area contributed by atoms with Gasteiger partial charge in [0.25, 0.3) is 5.69 Å². The molecule has 5 heteroatoms. The van der Waals surface area contributed by atoms with Crippen LogP contribution in [0.3, 0.4) is 0 Å². The van der Waals surface area contributed by atoms with Gasteiger partial charge in [-0.1, -0.05) is 12.1 Å². The van der Waals surface area contributed by atoms with Gasteiger partial charge in [-0.3, -0.25) is 10.1 Å². The molecule has 0 aliphatic rings. The zero-order valence-corrected chi connectivity index (χ0v) is 8.12. The van der Waals surface area contributed by atoms with Crippen LogP contribution in [0, 0.1) is 10.1 Å². The molecular weight excluding hydrogens is 210 g/mol. The van der Waals surface area contributed by atoms with Gasteiger partial charge in [0.05, 0.1) is 4.92 Å². The highest BCUT2D eigenvalue weighted by molar-refractivity contribution is 5.64. The Kier molecular flexibility index (Phi) is 2.51. The van der Waals surface area contributed by atoms with Crippen LogP contribution >= 0.6 is 0 Å². The molecule has 0 atom stereocenters. The summed E-state index contributed by atoms with van der Waals surface area (Å²) < 4.78 is 4.69. The van der Waals surface area contributed by atoms with E-state index in [0.29, 0.717) is 11.1 Å². The minimum absolute atomic E-state index is 0.00343. The van der Waals surface area contributed by atoms with Crippen molar-refractivity contribution in [3.8, 4) is 11.1 Å². The summed E-state index contributed by atoms with van der Waals surface area (Å²) in [6.45, 7) is 0. The lowest BCUT2D eigenvalue weighted by Crippen LogP contribution is -1.94. The van der Waals surface area contributed by atoms with Crippen LogP contribution in [0.4, 0.5) is 5.69 Å². The van der Waals surface area contributed by atoms with Crippen molar-refractivity contribution in [3.05, 3.63) is 63.2 Å². The van der Waals surface area contributed by atoms with Crippen LogP contribution in [0.15, 0.2) is 51.9 Å². The molecule has 0 N–H and O–H groups in total. The molecule has 0 amide bonds. The lowest BCUT2D eigenvalue weighted by Gasteiger charge is -1.99. The maximum atomic E-state index is 10.8. The zero-order chi connectivity index (χ0) is 11.5. The van der Waals surface area contributed by atoms with Crippen molar-refractivity contribution >= 4 is 5.69 Å². The largest absolute Gasteiger partial charge is 0.431 e. The molecule has 80 valence electrons. The number of nitrogens with zero attached hydrogens (tertiary/aromatic N) is 1. The Bertz CT molecular complexity index is 568. The van der Waals surface area contributed by atoms with E-state index in [4.69, 9.17) is 0 Å². The molecule has 0 saturated heterocycles. The molecule has 0 aliphatic carbocycles. The molecule has 1 heterocycles. The van der Waals surface area contributed by atoms with Crippen molar-refractivity contribution in [2.45, 2.75) is 0 Å². The van der Waals surface area contributed by atoms with Gasteiger partial charge in [-0.05, 0) is 11.6 Å². The van der Waals surface area contributed by atoms with E-state index in [2.05, 4.69) is 4.42 Å². The molecule has 0 spiro atoms. The van der Waals surface area contributed by atoms with E-state index in [1.165, 1.54) is 24.5 Å². The fourth-order valence-electron chi connectivity index (χ4n) is 1.32. The minimum Gasteiger partial charge on any atom is -0.431 e. The van der Waals surface area contributed by atoms with Crippen LogP contribution in [0.5, 0.6) is 0 Å². The van der Waals surface area contributed by atoms with Crippen LogP contribution in [-0.4, -0.2) is 4.92 Å². The van der Waals surface area contributed by atoms with Crippen molar-refractivity contribution in [2.75, 3.05) is 0 Å². The van der Waals surface area contributed by atoms with Gasteiger partial charge in [-0.2, -0.15) is 0 Å². The average molecular weight is 217 g/mol. The molecule has 0 fully saturated rings. The van der Waals surface area contributed by atoms with Crippen molar-refractivity contribution < 1.29 is 9.34 Å². The standard InChI is InChI=1S/C11H7NO4/c13-11-5-4-9(7-16-11)8-2-1-3-10(6-8)12(14)15/h1-7H. The van der Waals surface area contributed by atoms with Gasteiger partial charge in [-0.25, -0.2) is 4.79 Å². The Morgan fingerprint density at radius 1 is 1.12 bits per heavy atom. The molecular formula is C11H7NO4. The summed E-state index contributed by atoms with van der Waals surface area (Å²) in [6.07, 6.45) is 1.28. The molecule has 0 unspecified atom stereocenters. The second-order valence-electron chi connectivity index (χ2n) is 3.15. The first-order valence-corrected chi connectivity index (χ1v) is 4.50. The monoisotopic (exact) mass is 217 g/mol. The fraction of sp³-hybridized carbons (Fsp3) is 0. The Hall–Kier alpha value is -2.43. The number of rotatable bonds is 2. The molecule has 1 aromatic heterocycles. The predicted octanol–water partition coefficient (Wildman–Crippen LogP) is 2.21. The molecule has 2 rings (SSSR count). The lowest BCUT2D eigenvalue weighted by atomic mass is 10.1. The Balaban J connectivity index is 2.48. The topological polar surface area (TPSA) is 73.3 Å². The lowest BCUT2D eigenvalue weighted by molar-refractivity contribution is -0.384. The van der Waals surface area contributed by atoms with Gasteiger partial charge in [-0.15, -0.1) is 0 Å². The number of nitro groups is 1. The highest BCUT2D eigenvalue weighted by Gasteiger charge is 2.07. The van der Waals surface area contributed by atoms with Crippen LogP contribution < -0.4 is 5.63 Å². The van der Waals surface area contributed by atoms with E-state index in [1.807, 2.05) is 0 Å². The number of hydrogen-bond acceptors (Lipinski definition) is 4. The van der Waals surface area contributed by atoms with Crippen LogP contribution in [0.1, 0.15) is 0 Å². The van der Waals surface area contributed by atoms with Gasteiger partial charge < -0.3 is 4.42 Å². The zero-order valence-electron chi connectivity index (χ0n) is 8.12. The van der Waals surface area contributed by atoms with E-state index >= 15 is 0 Å². The van der Waals surface area contributed by atoms with E-state index in [0.717, 1.165) is 0 Å². The highest BCUT2D eigenvalue weighted by atomic mass is 16.6. The molecule has 1 aromatic carbocycles. The smallest absolute Gasteiger partial charge is 0.335 e. The second kappa shape index (κ2) is 3.98. The SMILES string of the molecule is O=c1ccc(-c2cccc([N+](=O)[O-])c2)co1. The Morgan fingerprint density at radius 3 is 2.56 bits per heavy atom. The quantitative estimate of drug-likeness (QED) is 0.571. The summed E-state index contributed by atoms with van der Waals surface area (Å²) in [5.74, 6) is 0. The minimum atomic E-state index is -0.470. The summed E-state index contributed by atoms with van der Waals surface area (Å²) in [4.78, 5) is 20.9. The van der Waals surface area contributed by atoms with Gasteiger partial charge in [0, 0.05) is 23.8 Å². The molecule has 16 heavy (non-hydrogen) atoms. The summed E-state index contributed by atoms with van der Waals surface area (Å²) >= 11 is 0. The molecule has 0 bridgehead atoms. The van der Waals surface area contributed by atoms with E-state index in [9.17, 15) is 14.9 Å². The third-order valence-electron chi connectivity index (χ3n) is 2.09. The molecule has 0 saturated carbocycles. The molecule has 2 aromatic rings. The van der Waals surface area contributed by atoms with Crippen LogP contribution in [0.25, 0.3) is 11.1 Å². The third-order valence-corrected chi connectivity index (χ3v) is 2.09. The van der Waals surface area contributed by atoms with E-state index in [1.54, 1.807) is 18.2 Å². The first-order chi connectivity index (χ1) is 7.66. The van der Waals surface area contributed by atoms with Gasteiger partial charge >= 0.3 is 5.63 Å². The maximum absolute atomic E-state index is 10.8. The normalized spacial score (nSPS) is 10.0. The molecule has 5 nitrogen and oxygen atoms in total. The first-order valence-electron chi connectivity index (χ1n) is 4.50. The molecule has 0 aliphatic heterocycles. The van der Waals surface area contributed by atoms with E-state index < -0.39 is 10.5 Å². The van der Waals surface area contributed by atoms with Crippen molar-refractivity contribution in [3.63, 3.8) is 0 Å². The second-order valence-corrected chi connectivity index (χ2v) is 3.15. The summed E-state index contributed by atoms with van der Waals surface area (Å²) in [7, 11) is 0. The first kappa shape index (κ1) is 10.1. The maximum Gasteiger partial charge on any atom is 0.335 e. The third kappa shape index (κ3) is 1.98. The van der Waals surface area contributed by atoms with Crippen molar-refractivity contribution in [1.29, 1.82) is 0 Å². The summed E-state index contributed by atoms with van der Waals surface area (Å²) in [5, 5.41) is 10.6. The number of benzene rings is 1. The fourth-order valence-corrected chi connectivity index (χ4v) is 1.32. The average Bonchev–Trinajstić information content (AvgIpc) is 2.30. The Labute approximate surface area is 90.1 Å². The number of hydrogen-bond donors (Lipinski definition) is 0. The Morgan fingerprint density at radius 2 is 1.94 bits per heavy atom. The van der Waals surface area contributed by atoms with Gasteiger partial charge in [0.2, 0.25) is 0 Å². The van der Waals surface area contributed by atoms with Gasteiger partial charge in [0.15, 0.2) is 0 Å². The summed E-state index contributed by atoms with van der Waals surface area (Å²) in [5.41, 5.74) is 0.819. The number of nitro benzene ring substituents is 1. The molecule has 0 radical (unpaired) electrons. The van der Waals surface area contributed by atoms with Crippen LogP contribution in [0.2, 0.25) is 0 Å². The van der Waals surface area contributed by atoms with Crippen molar-refractivity contribution in [1.82, 2.24) is 0 Å². The number of non-ortho nitro benzene ring substituents is 1. The van der Waals surface area contributed by atoms with Crippen molar-refractivity contribution in [2.24, 2.45) is 0 Å². The predicted molar refractivity (Wildman–Crippen MR) is 57.1 cm³/mol.